The SMILES string of the molecule is COB1C=C2C(=C(C)C1)C[C@H]1C[C@@H]2C1(C)C. The van der Waals surface area contributed by atoms with Gasteiger partial charge < -0.3 is 4.65 Å². The largest absolute Gasteiger partial charge is 0.434 e. The van der Waals surface area contributed by atoms with Gasteiger partial charge in [-0.3, -0.25) is 0 Å². The third-order valence-electron chi connectivity index (χ3n) is 5.34. The summed E-state index contributed by atoms with van der Waals surface area (Å²) < 4.78 is 5.53. The molecule has 3 saturated carbocycles. The third kappa shape index (κ3) is 1.23. The molecule has 0 aromatic carbocycles. The molecule has 0 aromatic heterocycles. The second-order valence-electron chi connectivity index (χ2n) is 6.37. The molecule has 1 heterocycles. The van der Waals surface area contributed by atoms with Crippen molar-refractivity contribution in [2.24, 2.45) is 17.3 Å². The Hall–Kier alpha value is -0.495. The summed E-state index contributed by atoms with van der Waals surface area (Å²) in [4.78, 5) is 0. The Labute approximate surface area is 99.1 Å². The van der Waals surface area contributed by atoms with E-state index in [0.29, 0.717) is 12.3 Å². The molecule has 0 radical (unpaired) electrons. The molecule has 3 fully saturated rings. The predicted molar refractivity (Wildman–Crippen MR) is 68.3 cm³/mol. The van der Waals surface area contributed by atoms with Crippen LogP contribution in [0.1, 0.15) is 33.6 Å². The predicted octanol–water partition coefficient (Wildman–Crippen LogP) is 3.49. The zero-order chi connectivity index (χ0) is 11.5. The molecule has 0 aromatic rings. The van der Waals surface area contributed by atoms with Gasteiger partial charge in [0.15, 0.2) is 0 Å². The summed E-state index contributed by atoms with van der Waals surface area (Å²) in [5.74, 6) is 4.14. The molecule has 4 aliphatic rings. The van der Waals surface area contributed by atoms with Crippen LogP contribution in [0.3, 0.4) is 0 Å². The summed E-state index contributed by atoms with van der Waals surface area (Å²) in [5, 5.41) is 0. The van der Waals surface area contributed by atoms with E-state index in [9.17, 15) is 0 Å². The molecule has 0 spiro atoms. The maximum Gasteiger partial charge on any atom is 0.323 e. The van der Waals surface area contributed by atoms with E-state index in [1.807, 2.05) is 7.11 Å². The molecule has 0 unspecified atom stereocenters. The zero-order valence-corrected chi connectivity index (χ0v) is 10.8. The second-order valence-corrected chi connectivity index (χ2v) is 6.37. The molecule has 3 aliphatic carbocycles. The Morgan fingerprint density at radius 2 is 2.19 bits per heavy atom. The van der Waals surface area contributed by atoms with Gasteiger partial charge in [-0.25, -0.2) is 0 Å². The zero-order valence-electron chi connectivity index (χ0n) is 10.8. The van der Waals surface area contributed by atoms with Crippen LogP contribution in [0.4, 0.5) is 0 Å². The Morgan fingerprint density at radius 1 is 1.44 bits per heavy atom. The first-order valence-corrected chi connectivity index (χ1v) is 6.47. The Kier molecular flexibility index (Phi) is 2.17. The van der Waals surface area contributed by atoms with Crippen molar-refractivity contribution in [3.8, 4) is 0 Å². The smallest absolute Gasteiger partial charge is 0.323 e. The van der Waals surface area contributed by atoms with E-state index in [2.05, 4.69) is 26.7 Å². The summed E-state index contributed by atoms with van der Waals surface area (Å²) in [6.07, 6.45) is 3.83. The second kappa shape index (κ2) is 3.26. The Bertz CT molecular complexity index is 392. The van der Waals surface area contributed by atoms with Crippen LogP contribution in [-0.2, 0) is 4.65 Å². The standard InChI is InChI=1S/C14H21BO/c1-9-7-15(16-4)8-12-11(9)5-10-6-13(12)14(10,2)3/h8,10,13H,5-7H2,1-4H3/t10-,13-/m0/s1. The monoisotopic (exact) mass is 216 g/mol. The first-order valence-electron chi connectivity index (χ1n) is 6.47. The van der Waals surface area contributed by atoms with Gasteiger partial charge in [0.25, 0.3) is 0 Å². The number of rotatable bonds is 1. The fourth-order valence-electron chi connectivity index (χ4n) is 3.94. The van der Waals surface area contributed by atoms with Crippen LogP contribution in [-0.4, -0.2) is 14.0 Å². The molecule has 86 valence electrons. The van der Waals surface area contributed by atoms with Gasteiger partial charge in [-0.05, 0) is 48.9 Å². The van der Waals surface area contributed by atoms with E-state index in [-0.39, 0.29) is 0 Å². The van der Waals surface area contributed by atoms with E-state index in [4.69, 9.17) is 4.65 Å². The molecular formula is C14H21BO. The highest BCUT2D eigenvalue weighted by Crippen LogP contribution is 2.63. The molecule has 1 nitrogen and oxygen atoms in total. The third-order valence-corrected chi connectivity index (χ3v) is 5.34. The molecule has 2 atom stereocenters. The van der Waals surface area contributed by atoms with Gasteiger partial charge in [0.1, 0.15) is 0 Å². The highest BCUT2D eigenvalue weighted by atomic mass is 16.4. The van der Waals surface area contributed by atoms with Crippen LogP contribution >= 0.6 is 0 Å². The van der Waals surface area contributed by atoms with Crippen molar-refractivity contribution in [2.45, 2.75) is 39.9 Å². The molecule has 0 amide bonds. The summed E-state index contributed by atoms with van der Waals surface area (Å²) in [5.41, 5.74) is 5.41. The summed E-state index contributed by atoms with van der Waals surface area (Å²) in [6.45, 7) is 7.50. The van der Waals surface area contributed by atoms with E-state index in [1.54, 1.807) is 16.7 Å². The van der Waals surface area contributed by atoms with E-state index in [1.165, 1.54) is 12.8 Å². The van der Waals surface area contributed by atoms with Crippen molar-refractivity contribution in [1.29, 1.82) is 0 Å². The van der Waals surface area contributed by atoms with Gasteiger partial charge in [-0.2, -0.15) is 0 Å². The Balaban J connectivity index is 1.99. The lowest BCUT2D eigenvalue weighted by molar-refractivity contribution is -0.0117. The normalized spacial score (nSPS) is 35.5. The highest BCUT2D eigenvalue weighted by Gasteiger charge is 2.54. The molecule has 2 bridgehead atoms. The van der Waals surface area contributed by atoms with Crippen molar-refractivity contribution in [1.82, 2.24) is 0 Å². The lowest BCUT2D eigenvalue weighted by atomic mass is 9.42. The minimum absolute atomic E-state index is 0.326. The van der Waals surface area contributed by atoms with E-state index >= 15 is 0 Å². The Morgan fingerprint density at radius 3 is 2.81 bits per heavy atom. The summed E-state index contributed by atoms with van der Waals surface area (Å²) >= 11 is 0. The van der Waals surface area contributed by atoms with Crippen LogP contribution in [0.5, 0.6) is 0 Å². The lowest BCUT2D eigenvalue weighted by Gasteiger charge is -2.59. The number of hydrogen-bond donors (Lipinski definition) is 0. The molecule has 0 saturated heterocycles. The van der Waals surface area contributed by atoms with Crippen LogP contribution < -0.4 is 0 Å². The van der Waals surface area contributed by atoms with Crippen molar-refractivity contribution in [2.75, 3.05) is 7.11 Å². The maximum atomic E-state index is 5.53. The number of allylic oxidation sites excluding steroid dienone is 3. The topological polar surface area (TPSA) is 9.23 Å². The average molecular weight is 216 g/mol. The minimum atomic E-state index is 0.326. The highest BCUT2D eigenvalue weighted by molar-refractivity contribution is 6.59. The molecule has 1 aliphatic heterocycles. The van der Waals surface area contributed by atoms with Crippen LogP contribution in [0.2, 0.25) is 6.32 Å². The van der Waals surface area contributed by atoms with Crippen LogP contribution in [0.25, 0.3) is 0 Å². The van der Waals surface area contributed by atoms with E-state index in [0.717, 1.165) is 18.2 Å². The van der Waals surface area contributed by atoms with Crippen molar-refractivity contribution < 1.29 is 4.65 Å². The quantitative estimate of drug-likeness (QED) is 0.609. The molecule has 0 N–H and O–H groups in total. The maximum absolute atomic E-state index is 5.53. The fourth-order valence-corrected chi connectivity index (χ4v) is 3.94. The molecule has 16 heavy (non-hydrogen) atoms. The average Bonchev–Trinajstić information content (AvgIpc) is 2.27. The summed E-state index contributed by atoms with van der Waals surface area (Å²) in [6, 6.07) is 0. The van der Waals surface area contributed by atoms with Crippen LogP contribution in [0.15, 0.2) is 22.7 Å². The van der Waals surface area contributed by atoms with Gasteiger partial charge >= 0.3 is 6.92 Å². The number of hydrogen-bond acceptors (Lipinski definition) is 1. The van der Waals surface area contributed by atoms with Gasteiger partial charge in [-0.1, -0.05) is 31.0 Å². The van der Waals surface area contributed by atoms with Gasteiger partial charge in [0.05, 0.1) is 0 Å². The van der Waals surface area contributed by atoms with Gasteiger partial charge in [-0.15, -0.1) is 0 Å². The van der Waals surface area contributed by atoms with E-state index < -0.39 is 0 Å². The van der Waals surface area contributed by atoms with Crippen LogP contribution in [0, 0.1) is 17.3 Å². The summed E-state index contributed by atoms with van der Waals surface area (Å²) in [7, 11) is 1.83. The molecule has 2 heteroatoms. The van der Waals surface area contributed by atoms with Gasteiger partial charge in [0.2, 0.25) is 0 Å². The van der Waals surface area contributed by atoms with Crippen molar-refractivity contribution in [3.63, 3.8) is 0 Å². The van der Waals surface area contributed by atoms with Gasteiger partial charge in [0, 0.05) is 7.11 Å². The molecular weight excluding hydrogens is 195 g/mol. The first-order chi connectivity index (χ1) is 7.54. The van der Waals surface area contributed by atoms with Crippen molar-refractivity contribution in [3.05, 3.63) is 22.7 Å². The lowest BCUT2D eigenvalue weighted by Crippen LogP contribution is -2.51. The fraction of sp³-hybridized carbons (Fsp3) is 0.714. The molecule has 4 rings (SSSR count). The van der Waals surface area contributed by atoms with Crippen molar-refractivity contribution >= 4 is 6.92 Å². The minimum Gasteiger partial charge on any atom is -0.434 e. The first kappa shape index (κ1) is 10.6.